The third kappa shape index (κ3) is 4.10. The molecule has 0 unspecified atom stereocenters. The van der Waals surface area contributed by atoms with E-state index in [2.05, 4.69) is 12.2 Å². The molecule has 2 aromatic rings. The van der Waals surface area contributed by atoms with Crippen LogP contribution in [0.4, 0.5) is 0 Å². The molecule has 0 aromatic carbocycles. The van der Waals surface area contributed by atoms with Gasteiger partial charge < -0.3 is 19.2 Å². The zero-order valence-corrected chi connectivity index (χ0v) is 16.9. The van der Waals surface area contributed by atoms with Crippen molar-refractivity contribution >= 4 is 16.8 Å². The number of aryl methyl sites for hydroxylation is 3. The van der Waals surface area contributed by atoms with Gasteiger partial charge >= 0.3 is 0 Å². The molecule has 2 heterocycles. The van der Waals surface area contributed by atoms with Crippen molar-refractivity contribution in [3.63, 3.8) is 0 Å². The topological polar surface area (TPSA) is 65.3 Å². The minimum Gasteiger partial charge on any atom is -0.378 e. The molecule has 1 aliphatic carbocycles. The summed E-state index contributed by atoms with van der Waals surface area (Å²) in [5.74, 6) is -0.154. The van der Waals surface area contributed by atoms with Crippen LogP contribution < -0.4 is 10.9 Å². The van der Waals surface area contributed by atoms with Gasteiger partial charge in [0.1, 0.15) is 0 Å². The van der Waals surface area contributed by atoms with E-state index < -0.39 is 0 Å². The average Bonchev–Trinajstić information content (AvgIpc) is 2.99. The van der Waals surface area contributed by atoms with E-state index in [1.807, 2.05) is 24.7 Å². The van der Waals surface area contributed by atoms with Gasteiger partial charge in [0.05, 0.1) is 22.6 Å². The zero-order valence-electron chi connectivity index (χ0n) is 16.9. The van der Waals surface area contributed by atoms with Gasteiger partial charge in [0.15, 0.2) is 0 Å². The van der Waals surface area contributed by atoms with Crippen LogP contribution in [-0.4, -0.2) is 33.8 Å². The fourth-order valence-electron chi connectivity index (χ4n) is 4.11. The monoisotopic (exact) mass is 373 g/mol. The first-order chi connectivity index (χ1) is 12.9. The lowest BCUT2D eigenvalue weighted by atomic mass is 9.92. The first-order valence-electron chi connectivity index (χ1n) is 10.00. The van der Waals surface area contributed by atoms with Gasteiger partial charge in [-0.3, -0.25) is 9.59 Å². The Balaban J connectivity index is 1.70. The molecule has 6 heteroatoms. The molecule has 0 atom stereocenters. The Morgan fingerprint density at radius 2 is 1.89 bits per heavy atom. The second-order valence-electron chi connectivity index (χ2n) is 7.78. The van der Waals surface area contributed by atoms with E-state index in [9.17, 15) is 9.59 Å². The number of fused-ring (bicyclic) bond motifs is 1. The largest absolute Gasteiger partial charge is 0.378 e. The number of nitrogens with one attached hydrogen (secondary N) is 1. The standard InChI is InChI=1S/C21H31N3O3/c1-5-6-11-27-16-9-7-15(8-10-16)22-20(25)17-13-23(3)19-14(2)12-24(4)21(26)18(17)19/h12-13,15-16H,5-11H2,1-4H3,(H,22,25). The first kappa shape index (κ1) is 19.7. The fourth-order valence-corrected chi connectivity index (χ4v) is 4.11. The van der Waals surface area contributed by atoms with Crippen molar-refractivity contribution in [2.24, 2.45) is 14.1 Å². The summed E-state index contributed by atoms with van der Waals surface area (Å²) in [6.45, 7) is 4.96. The van der Waals surface area contributed by atoms with Crippen molar-refractivity contribution in [1.29, 1.82) is 0 Å². The maximum Gasteiger partial charge on any atom is 0.260 e. The summed E-state index contributed by atoms with van der Waals surface area (Å²) >= 11 is 0. The van der Waals surface area contributed by atoms with Gasteiger partial charge in [-0.1, -0.05) is 13.3 Å². The molecule has 27 heavy (non-hydrogen) atoms. The Morgan fingerprint density at radius 1 is 1.19 bits per heavy atom. The third-order valence-electron chi connectivity index (χ3n) is 5.58. The molecular formula is C21H31N3O3. The molecule has 1 saturated carbocycles. The summed E-state index contributed by atoms with van der Waals surface area (Å²) in [5, 5.41) is 3.65. The number of carbonyl (C=O) groups excluding carboxylic acids is 1. The van der Waals surface area contributed by atoms with E-state index in [4.69, 9.17) is 4.74 Å². The van der Waals surface area contributed by atoms with Crippen molar-refractivity contribution in [2.75, 3.05) is 6.61 Å². The molecule has 1 amide bonds. The van der Waals surface area contributed by atoms with E-state index in [1.54, 1.807) is 17.8 Å². The molecule has 1 fully saturated rings. The Bertz CT molecular complexity index is 873. The van der Waals surface area contributed by atoms with E-state index >= 15 is 0 Å². The van der Waals surface area contributed by atoms with Gasteiger partial charge in [-0.15, -0.1) is 0 Å². The number of unbranched alkanes of at least 4 members (excludes halogenated alkanes) is 1. The number of carbonyl (C=O) groups is 1. The van der Waals surface area contributed by atoms with Crippen molar-refractivity contribution in [1.82, 2.24) is 14.5 Å². The average molecular weight is 373 g/mol. The molecule has 0 radical (unpaired) electrons. The second-order valence-corrected chi connectivity index (χ2v) is 7.78. The Labute approximate surface area is 160 Å². The second kappa shape index (κ2) is 8.30. The maximum absolute atomic E-state index is 12.9. The quantitative estimate of drug-likeness (QED) is 0.792. The van der Waals surface area contributed by atoms with Gasteiger partial charge in [-0.05, 0) is 44.6 Å². The molecule has 1 N–H and O–H groups in total. The third-order valence-corrected chi connectivity index (χ3v) is 5.58. The lowest BCUT2D eigenvalue weighted by Crippen LogP contribution is -2.39. The summed E-state index contributed by atoms with van der Waals surface area (Å²) in [6.07, 6.45) is 9.95. The highest BCUT2D eigenvalue weighted by Gasteiger charge is 2.25. The van der Waals surface area contributed by atoms with Crippen LogP contribution in [0.1, 0.15) is 61.4 Å². The number of hydrogen-bond donors (Lipinski definition) is 1. The highest BCUT2D eigenvalue weighted by atomic mass is 16.5. The highest BCUT2D eigenvalue weighted by molar-refractivity contribution is 6.07. The fraction of sp³-hybridized carbons (Fsp3) is 0.619. The summed E-state index contributed by atoms with van der Waals surface area (Å²) in [4.78, 5) is 25.5. The zero-order chi connectivity index (χ0) is 19.6. The van der Waals surface area contributed by atoms with Gasteiger partial charge in [0, 0.05) is 39.1 Å². The summed E-state index contributed by atoms with van der Waals surface area (Å²) < 4.78 is 9.33. The Kier molecular flexibility index (Phi) is 6.05. The van der Waals surface area contributed by atoms with Gasteiger partial charge in [-0.25, -0.2) is 0 Å². The lowest BCUT2D eigenvalue weighted by Gasteiger charge is -2.29. The summed E-state index contributed by atoms with van der Waals surface area (Å²) in [7, 11) is 3.60. The first-order valence-corrected chi connectivity index (χ1v) is 10.00. The molecular weight excluding hydrogens is 342 g/mol. The van der Waals surface area contributed by atoms with Crippen molar-refractivity contribution in [3.8, 4) is 0 Å². The lowest BCUT2D eigenvalue weighted by molar-refractivity contribution is 0.0209. The molecule has 0 saturated heterocycles. The number of hydrogen-bond acceptors (Lipinski definition) is 3. The van der Waals surface area contributed by atoms with Gasteiger partial charge in [-0.2, -0.15) is 0 Å². The van der Waals surface area contributed by atoms with Crippen LogP contribution in [0, 0.1) is 6.92 Å². The minimum atomic E-state index is -0.154. The van der Waals surface area contributed by atoms with Crippen LogP contribution in [0.5, 0.6) is 0 Å². The number of ether oxygens (including phenoxy) is 1. The molecule has 6 nitrogen and oxygen atoms in total. The van der Waals surface area contributed by atoms with E-state index in [0.29, 0.717) is 17.1 Å². The van der Waals surface area contributed by atoms with Crippen molar-refractivity contribution in [3.05, 3.63) is 33.9 Å². The number of nitrogens with zero attached hydrogens (tertiary/aromatic N) is 2. The highest BCUT2D eigenvalue weighted by Crippen LogP contribution is 2.24. The normalized spacial score (nSPS) is 20.1. The number of aromatic nitrogens is 2. The minimum absolute atomic E-state index is 0.130. The predicted octanol–water partition coefficient (Wildman–Crippen LogP) is 3.04. The summed E-state index contributed by atoms with van der Waals surface area (Å²) in [6, 6.07) is 0.146. The van der Waals surface area contributed by atoms with Crippen LogP contribution in [0.3, 0.4) is 0 Å². The van der Waals surface area contributed by atoms with E-state index in [-0.39, 0.29) is 17.5 Å². The van der Waals surface area contributed by atoms with Crippen LogP contribution in [0.2, 0.25) is 0 Å². The molecule has 2 aromatic heterocycles. The predicted molar refractivity (Wildman–Crippen MR) is 107 cm³/mol. The number of amides is 1. The molecule has 0 bridgehead atoms. The van der Waals surface area contributed by atoms with Crippen LogP contribution >= 0.6 is 0 Å². The molecule has 0 spiro atoms. The molecule has 148 valence electrons. The molecule has 3 rings (SSSR count). The van der Waals surface area contributed by atoms with Crippen molar-refractivity contribution in [2.45, 2.75) is 64.5 Å². The van der Waals surface area contributed by atoms with Crippen LogP contribution in [-0.2, 0) is 18.8 Å². The molecule has 0 aliphatic heterocycles. The van der Waals surface area contributed by atoms with Crippen LogP contribution in [0.25, 0.3) is 10.9 Å². The Hall–Kier alpha value is -2.08. The Morgan fingerprint density at radius 3 is 2.56 bits per heavy atom. The molecule has 1 aliphatic rings. The maximum atomic E-state index is 12.9. The van der Waals surface area contributed by atoms with Gasteiger partial charge in [0.25, 0.3) is 11.5 Å². The van der Waals surface area contributed by atoms with Gasteiger partial charge in [0.2, 0.25) is 0 Å². The SMILES string of the molecule is CCCCOC1CCC(NC(=O)c2cn(C)c3c(C)cn(C)c(=O)c23)CC1. The van der Waals surface area contributed by atoms with E-state index in [0.717, 1.165) is 56.2 Å². The summed E-state index contributed by atoms with van der Waals surface area (Å²) in [5.41, 5.74) is 2.15. The van der Waals surface area contributed by atoms with Crippen molar-refractivity contribution < 1.29 is 9.53 Å². The number of rotatable bonds is 6. The van der Waals surface area contributed by atoms with Crippen LogP contribution in [0.15, 0.2) is 17.2 Å². The number of pyridine rings is 1. The smallest absolute Gasteiger partial charge is 0.260 e. The van der Waals surface area contributed by atoms with E-state index in [1.165, 1.54) is 0 Å².